The standard InChI is InChI=1S/C22H22F3NO3/c23-22(24,25)18-4-1-15(2-5-18)17-7-9-26(14-17)10-8-19(27)16-3-6-20-21(13-16)29-12-11-28-20/h1-6,13,17H,7-12,14H2. The molecular formula is C22H22F3NO3. The Bertz CT molecular complexity index is 880. The third kappa shape index (κ3) is 4.56. The van der Waals surface area contributed by atoms with Gasteiger partial charge in [0, 0.05) is 25.1 Å². The van der Waals surface area contributed by atoms with Gasteiger partial charge >= 0.3 is 6.18 Å². The number of likely N-dealkylation sites (tertiary alicyclic amines) is 1. The molecule has 4 nitrogen and oxygen atoms in total. The van der Waals surface area contributed by atoms with Gasteiger partial charge in [0.1, 0.15) is 13.2 Å². The number of ketones is 1. The number of benzene rings is 2. The third-order valence-electron chi connectivity index (χ3n) is 5.50. The number of carbonyl (C=O) groups excluding carboxylic acids is 1. The first-order chi connectivity index (χ1) is 13.9. The minimum absolute atomic E-state index is 0.0416. The number of nitrogens with zero attached hydrogens (tertiary/aromatic N) is 1. The topological polar surface area (TPSA) is 38.8 Å². The number of Topliss-reactive ketones (excluding diaryl/α,β-unsaturated/α-hetero) is 1. The largest absolute Gasteiger partial charge is 0.486 e. The minimum Gasteiger partial charge on any atom is -0.486 e. The van der Waals surface area contributed by atoms with E-state index in [1.54, 1.807) is 30.3 Å². The maximum atomic E-state index is 12.7. The van der Waals surface area contributed by atoms with Crippen molar-refractivity contribution < 1.29 is 27.4 Å². The summed E-state index contributed by atoms with van der Waals surface area (Å²) in [7, 11) is 0. The van der Waals surface area contributed by atoms with Crippen molar-refractivity contribution in [3.8, 4) is 11.5 Å². The zero-order valence-electron chi connectivity index (χ0n) is 15.9. The Balaban J connectivity index is 1.31. The van der Waals surface area contributed by atoms with Gasteiger partial charge in [-0.25, -0.2) is 0 Å². The van der Waals surface area contributed by atoms with Gasteiger partial charge in [0.15, 0.2) is 17.3 Å². The fraction of sp³-hybridized carbons (Fsp3) is 0.409. The van der Waals surface area contributed by atoms with E-state index < -0.39 is 11.7 Å². The molecule has 0 radical (unpaired) electrons. The summed E-state index contributed by atoms with van der Waals surface area (Å²) in [5, 5.41) is 0. The van der Waals surface area contributed by atoms with Crippen LogP contribution in [0, 0.1) is 0 Å². The van der Waals surface area contributed by atoms with E-state index in [-0.39, 0.29) is 11.7 Å². The van der Waals surface area contributed by atoms with Crippen LogP contribution >= 0.6 is 0 Å². The van der Waals surface area contributed by atoms with E-state index in [0.717, 1.165) is 37.2 Å². The van der Waals surface area contributed by atoms with Gasteiger partial charge in [-0.05, 0) is 54.8 Å². The lowest BCUT2D eigenvalue weighted by atomic mass is 9.97. The van der Waals surface area contributed by atoms with Crippen molar-refractivity contribution >= 4 is 5.78 Å². The van der Waals surface area contributed by atoms with Crippen molar-refractivity contribution in [3.05, 3.63) is 59.2 Å². The molecule has 2 aromatic rings. The predicted molar refractivity (Wildman–Crippen MR) is 102 cm³/mol. The quantitative estimate of drug-likeness (QED) is 0.685. The monoisotopic (exact) mass is 405 g/mol. The molecule has 29 heavy (non-hydrogen) atoms. The van der Waals surface area contributed by atoms with E-state index in [2.05, 4.69) is 4.90 Å². The molecule has 4 rings (SSSR count). The van der Waals surface area contributed by atoms with Gasteiger partial charge in [-0.1, -0.05) is 12.1 Å². The Kier molecular flexibility index (Phi) is 5.50. The molecule has 0 saturated carbocycles. The van der Waals surface area contributed by atoms with Crippen LogP contribution in [0.25, 0.3) is 0 Å². The Labute approximate surface area is 167 Å². The molecule has 0 aromatic heterocycles. The number of carbonyl (C=O) groups is 1. The molecule has 0 spiro atoms. The van der Waals surface area contributed by atoms with Crippen LogP contribution in [0.4, 0.5) is 13.2 Å². The highest BCUT2D eigenvalue weighted by Crippen LogP contribution is 2.33. The first-order valence-corrected chi connectivity index (χ1v) is 9.72. The molecule has 1 fully saturated rings. The second-order valence-corrected chi connectivity index (χ2v) is 7.44. The van der Waals surface area contributed by atoms with Crippen molar-refractivity contribution in [2.75, 3.05) is 32.8 Å². The van der Waals surface area contributed by atoms with Gasteiger partial charge in [0.05, 0.1) is 5.56 Å². The highest BCUT2D eigenvalue weighted by atomic mass is 19.4. The van der Waals surface area contributed by atoms with Crippen LogP contribution in [0.1, 0.15) is 40.2 Å². The number of hydrogen-bond donors (Lipinski definition) is 0. The van der Waals surface area contributed by atoms with Crippen molar-refractivity contribution in [2.24, 2.45) is 0 Å². The van der Waals surface area contributed by atoms with Crippen LogP contribution in [0.5, 0.6) is 11.5 Å². The Morgan fingerprint density at radius 2 is 1.76 bits per heavy atom. The fourth-order valence-electron chi connectivity index (χ4n) is 3.87. The van der Waals surface area contributed by atoms with Gasteiger partial charge in [-0.15, -0.1) is 0 Å². The molecule has 7 heteroatoms. The van der Waals surface area contributed by atoms with E-state index in [1.807, 2.05) is 0 Å². The normalized spacial score (nSPS) is 19.3. The van der Waals surface area contributed by atoms with E-state index in [4.69, 9.17) is 9.47 Å². The summed E-state index contributed by atoms with van der Waals surface area (Å²) in [6, 6.07) is 10.7. The molecule has 154 valence electrons. The molecule has 2 aliphatic rings. The fourth-order valence-corrected chi connectivity index (χ4v) is 3.87. The number of halogens is 3. The van der Waals surface area contributed by atoms with Crippen LogP contribution in [0.3, 0.4) is 0 Å². The van der Waals surface area contributed by atoms with Crippen molar-refractivity contribution in [3.63, 3.8) is 0 Å². The number of alkyl halides is 3. The summed E-state index contributed by atoms with van der Waals surface area (Å²) in [6.45, 7) is 3.20. The molecular weight excluding hydrogens is 383 g/mol. The van der Waals surface area contributed by atoms with E-state index in [9.17, 15) is 18.0 Å². The lowest BCUT2D eigenvalue weighted by Crippen LogP contribution is -2.24. The SMILES string of the molecule is O=C(CCN1CCC(c2ccc(C(F)(F)F)cc2)C1)c1ccc2c(c1)OCCO2. The van der Waals surface area contributed by atoms with Gasteiger partial charge in [-0.2, -0.15) is 13.2 Å². The smallest absolute Gasteiger partial charge is 0.416 e. The maximum absolute atomic E-state index is 12.7. The summed E-state index contributed by atoms with van der Waals surface area (Å²) >= 11 is 0. The van der Waals surface area contributed by atoms with Crippen molar-refractivity contribution in [1.82, 2.24) is 4.90 Å². The van der Waals surface area contributed by atoms with Gasteiger partial charge in [0.25, 0.3) is 0 Å². The van der Waals surface area contributed by atoms with Crippen LogP contribution in [0.15, 0.2) is 42.5 Å². The molecule has 1 atom stereocenters. The third-order valence-corrected chi connectivity index (χ3v) is 5.50. The number of fused-ring (bicyclic) bond motifs is 1. The first-order valence-electron chi connectivity index (χ1n) is 9.72. The molecule has 2 aliphatic heterocycles. The maximum Gasteiger partial charge on any atom is 0.416 e. The van der Waals surface area contributed by atoms with E-state index in [0.29, 0.717) is 43.2 Å². The molecule has 2 heterocycles. The average molecular weight is 405 g/mol. The minimum atomic E-state index is -4.31. The van der Waals surface area contributed by atoms with E-state index in [1.165, 1.54) is 0 Å². The summed E-state index contributed by atoms with van der Waals surface area (Å²) < 4.78 is 49.1. The molecule has 0 N–H and O–H groups in total. The van der Waals surface area contributed by atoms with Crippen molar-refractivity contribution in [2.45, 2.75) is 24.9 Å². The van der Waals surface area contributed by atoms with Crippen molar-refractivity contribution in [1.29, 1.82) is 0 Å². The van der Waals surface area contributed by atoms with Crippen LogP contribution in [0.2, 0.25) is 0 Å². The molecule has 0 amide bonds. The highest BCUT2D eigenvalue weighted by molar-refractivity contribution is 5.96. The zero-order chi connectivity index (χ0) is 20.4. The van der Waals surface area contributed by atoms with Crippen LogP contribution < -0.4 is 9.47 Å². The molecule has 1 saturated heterocycles. The predicted octanol–water partition coefficient (Wildman–Crippen LogP) is 4.54. The lowest BCUT2D eigenvalue weighted by molar-refractivity contribution is -0.137. The van der Waals surface area contributed by atoms with Crippen LogP contribution in [-0.2, 0) is 6.18 Å². The molecule has 0 bridgehead atoms. The lowest BCUT2D eigenvalue weighted by Gasteiger charge is -2.19. The first kappa shape index (κ1) is 19.8. The summed E-state index contributed by atoms with van der Waals surface area (Å²) in [4.78, 5) is 14.7. The molecule has 1 unspecified atom stereocenters. The second kappa shape index (κ2) is 8.06. The molecule has 2 aromatic carbocycles. The summed E-state index contributed by atoms with van der Waals surface area (Å²) in [5.74, 6) is 1.50. The van der Waals surface area contributed by atoms with Gasteiger partial charge in [0.2, 0.25) is 0 Å². The highest BCUT2D eigenvalue weighted by Gasteiger charge is 2.31. The van der Waals surface area contributed by atoms with Gasteiger partial charge < -0.3 is 14.4 Å². The number of hydrogen-bond acceptors (Lipinski definition) is 4. The summed E-state index contributed by atoms with van der Waals surface area (Å²) in [6.07, 6.45) is -3.04. The van der Waals surface area contributed by atoms with Gasteiger partial charge in [-0.3, -0.25) is 4.79 Å². The Morgan fingerprint density at radius 3 is 2.48 bits per heavy atom. The number of rotatable bonds is 5. The Hall–Kier alpha value is -2.54. The van der Waals surface area contributed by atoms with E-state index >= 15 is 0 Å². The zero-order valence-corrected chi connectivity index (χ0v) is 15.9. The second-order valence-electron chi connectivity index (χ2n) is 7.44. The summed E-state index contributed by atoms with van der Waals surface area (Å²) in [5.41, 5.74) is 0.896. The van der Waals surface area contributed by atoms with Crippen LogP contribution in [-0.4, -0.2) is 43.5 Å². The average Bonchev–Trinajstić information content (AvgIpc) is 3.20. The Morgan fingerprint density at radius 1 is 1.03 bits per heavy atom. The number of ether oxygens (including phenoxy) is 2. The molecule has 0 aliphatic carbocycles.